The van der Waals surface area contributed by atoms with Gasteiger partial charge in [-0.05, 0) is 51.4 Å². The number of nitriles is 1. The highest BCUT2D eigenvalue weighted by Crippen LogP contribution is 2.38. The van der Waals surface area contributed by atoms with Crippen molar-refractivity contribution in [3.8, 4) is 6.07 Å². The zero-order valence-corrected chi connectivity index (χ0v) is 26.4. The lowest BCUT2D eigenvalue weighted by Gasteiger charge is -2.36. The minimum absolute atomic E-state index is 0. The lowest BCUT2D eigenvalue weighted by molar-refractivity contribution is -0.168. The molecule has 0 atom stereocenters. The van der Waals surface area contributed by atoms with E-state index in [0.29, 0.717) is 19.8 Å². The molecule has 0 unspecified atom stereocenters. The van der Waals surface area contributed by atoms with Crippen LogP contribution >= 0.6 is 0 Å². The van der Waals surface area contributed by atoms with Crippen molar-refractivity contribution >= 4 is 28.2 Å². The fraction of sp³-hybridized carbons (Fsp3) is 0.846. The summed E-state index contributed by atoms with van der Waals surface area (Å²) in [4.78, 5) is 36.2. The van der Waals surface area contributed by atoms with Gasteiger partial charge in [-0.1, -0.05) is 59.7 Å². The van der Waals surface area contributed by atoms with E-state index in [-0.39, 0.29) is 37.6 Å². The van der Waals surface area contributed by atoms with Crippen molar-refractivity contribution in [2.75, 3.05) is 26.4 Å². The van der Waals surface area contributed by atoms with E-state index >= 15 is 0 Å². The normalized spacial score (nSPS) is 11.7. The van der Waals surface area contributed by atoms with Gasteiger partial charge in [-0.15, -0.1) is 0 Å². The second kappa shape index (κ2) is 19.7. The van der Waals surface area contributed by atoms with Crippen LogP contribution in [-0.4, -0.2) is 57.9 Å². The predicted molar refractivity (Wildman–Crippen MR) is 148 cm³/mol. The summed E-state index contributed by atoms with van der Waals surface area (Å²) in [6.45, 7) is 22.9. The maximum absolute atomic E-state index is 12.3. The summed E-state index contributed by atoms with van der Waals surface area (Å²) in [6.07, 6.45) is 0. The average Bonchev–Trinajstić information content (AvgIpc) is 2.81. The molecule has 0 saturated heterocycles. The number of hydrogen-bond donors (Lipinski definition) is 2. The molecule has 0 aromatic heterocycles. The van der Waals surface area contributed by atoms with Crippen molar-refractivity contribution in [2.24, 2.45) is 34.5 Å². The molecule has 232 valence electrons. The number of hydrogen-bond acceptors (Lipinski definition) is 11. The van der Waals surface area contributed by atoms with Crippen LogP contribution in [0.4, 0.5) is 0 Å². The van der Waals surface area contributed by atoms with Gasteiger partial charge in [-0.25, -0.2) is 9.44 Å². The molecule has 0 fully saturated rings. The van der Waals surface area contributed by atoms with Gasteiger partial charge in [0.15, 0.2) is 10.8 Å². The summed E-state index contributed by atoms with van der Waals surface area (Å²) in [5.41, 5.74) is -2.10. The Morgan fingerprint density at radius 3 is 1.46 bits per heavy atom. The molecule has 0 aliphatic carbocycles. The summed E-state index contributed by atoms with van der Waals surface area (Å²) >= 11 is 0. The maximum Gasteiger partial charge on any atom is 0.426 e. The highest BCUT2D eigenvalue weighted by molar-refractivity contribution is 7.81. The summed E-state index contributed by atoms with van der Waals surface area (Å²) in [6, 6.07) is 2.12. The lowest BCUT2D eigenvalue weighted by Crippen LogP contribution is -2.54. The number of amides is 1. The molecular weight excluding hydrogens is 532 g/mol. The van der Waals surface area contributed by atoms with Gasteiger partial charge in [-0.2, -0.15) is 13.7 Å². The van der Waals surface area contributed by atoms with Gasteiger partial charge in [0, 0.05) is 7.97 Å². The highest BCUT2D eigenvalue weighted by Gasteiger charge is 2.52. The molecule has 0 bridgehead atoms. The first-order valence-corrected chi connectivity index (χ1v) is 14.5. The van der Waals surface area contributed by atoms with E-state index in [1.165, 1.54) is 6.92 Å². The SMILES string of the molecule is CCNC(=O)C(C(=O)OCC)(C(C)C)C(C)C.CCOC(=O)C(C#N)(C(C)C)C(C)C.CCOS(=O)(=O)OO.[HH]. The molecule has 0 aliphatic heterocycles. The summed E-state index contributed by atoms with van der Waals surface area (Å²) < 4.78 is 36.7. The molecule has 0 radical (unpaired) electrons. The number of nitrogens with zero attached hydrogens (tertiary/aromatic N) is 1. The first-order valence-electron chi connectivity index (χ1n) is 13.2. The van der Waals surface area contributed by atoms with Gasteiger partial charge in [0.25, 0.3) is 0 Å². The van der Waals surface area contributed by atoms with Gasteiger partial charge in [0.05, 0.1) is 25.9 Å². The number of carbonyl (C=O) groups excluding carboxylic acids is 3. The van der Waals surface area contributed by atoms with Gasteiger partial charge >= 0.3 is 22.3 Å². The Labute approximate surface area is 236 Å². The van der Waals surface area contributed by atoms with Crippen LogP contribution in [0, 0.1) is 45.8 Å². The highest BCUT2D eigenvalue weighted by atomic mass is 32.3. The molecule has 2 N–H and O–H groups in total. The van der Waals surface area contributed by atoms with E-state index in [0.717, 1.165) is 0 Å². The number of nitrogens with one attached hydrogen (secondary N) is 1. The van der Waals surface area contributed by atoms with Crippen LogP contribution in [0.5, 0.6) is 0 Å². The fourth-order valence-corrected chi connectivity index (χ4v) is 4.50. The Morgan fingerprint density at radius 1 is 0.821 bits per heavy atom. The minimum atomic E-state index is -4.11. The van der Waals surface area contributed by atoms with Crippen molar-refractivity contribution < 1.29 is 47.5 Å². The Hall–Kier alpha value is -2.27. The van der Waals surface area contributed by atoms with E-state index in [4.69, 9.17) is 20.0 Å². The van der Waals surface area contributed by atoms with Crippen LogP contribution in [0.1, 0.15) is 84.5 Å². The molecule has 0 rings (SSSR count). The molecule has 0 aromatic carbocycles. The van der Waals surface area contributed by atoms with Crippen molar-refractivity contribution in [3.63, 3.8) is 0 Å². The van der Waals surface area contributed by atoms with Gasteiger partial charge in [-0.3, -0.25) is 14.4 Å². The Bertz CT molecular complexity index is 848. The van der Waals surface area contributed by atoms with Crippen LogP contribution in [0.2, 0.25) is 0 Å². The van der Waals surface area contributed by atoms with Crippen molar-refractivity contribution in [3.05, 3.63) is 0 Å². The molecule has 0 aliphatic rings. The van der Waals surface area contributed by atoms with Crippen LogP contribution in [0.3, 0.4) is 0 Å². The fourth-order valence-electron chi connectivity index (χ4n) is 4.17. The molecule has 0 heterocycles. The van der Waals surface area contributed by atoms with Crippen molar-refractivity contribution in [2.45, 2.75) is 83.1 Å². The van der Waals surface area contributed by atoms with Gasteiger partial charge < -0.3 is 14.8 Å². The monoisotopic (exact) mass is 584 g/mol. The smallest absolute Gasteiger partial charge is 0.426 e. The second-order valence-corrected chi connectivity index (χ2v) is 10.9. The third-order valence-electron chi connectivity index (χ3n) is 6.12. The quantitative estimate of drug-likeness (QED) is 0.136. The topological polar surface area (TPSA) is 178 Å². The second-order valence-electron chi connectivity index (χ2n) is 9.66. The van der Waals surface area contributed by atoms with E-state index in [1.54, 1.807) is 13.8 Å². The zero-order valence-electron chi connectivity index (χ0n) is 25.6. The van der Waals surface area contributed by atoms with Crippen LogP contribution < -0.4 is 5.32 Å². The number of esters is 2. The lowest BCUT2D eigenvalue weighted by atomic mass is 9.68. The summed E-state index contributed by atoms with van der Waals surface area (Å²) in [7, 11) is -4.11. The van der Waals surface area contributed by atoms with Crippen LogP contribution in [0.25, 0.3) is 0 Å². The first-order chi connectivity index (χ1) is 17.9. The van der Waals surface area contributed by atoms with Gasteiger partial charge in [0.1, 0.15) is 0 Å². The summed E-state index contributed by atoms with van der Waals surface area (Å²) in [5, 5.41) is 19.4. The molecular formula is C26H52N2O10S. The Kier molecular flexibility index (Phi) is 20.9. The van der Waals surface area contributed by atoms with E-state index in [9.17, 15) is 22.8 Å². The molecule has 0 aromatic rings. The molecule has 1 amide bonds. The predicted octanol–water partition coefficient (Wildman–Crippen LogP) is 4.36. The zero-order chi connectivity index (χ0) is 31.6. The standard InChI is InChI=1S/C13H25NO3.C11H19NO2.C2H6O5S.H2/c1-7-14-11(15)13(9(3)4,10(5)6)12(16)17-8-2;1-6-14-10(13)11(7-12,8(2)3)9(4)5;1-2-6-8(4,5)7-3;/h9-10H,7-8H2,1-6H3,(H,14,15);8-9H,6H2,1-5H3;3H,2H2,1H3;1H. The number of rotatable bonds is 13. The summed E-state index contributed by atoms with van der Waals surface area (Å²) in [5.74, 6) is -1.33. The largest absolute Gasteiger partial charge is 0.465 e. The number of ether oxygens (including phenoxy) is 2. The van der Waals surface area contributed by atoms with Crippen LogP contribution in [-0.2, 0) is 42.8 Å². The minimum Gasteiger partial charge on any atom is -0.465 e. The molecule has 0 spiro atoms. The van der Waals surface area contributed by atoms with Crippen molar-refractivity contribution in [1.82, 2.24) is 5.32 Å². The van der Waals surface area contributed by atoms with Gasteiger partial charge in [0.2, 0.25) is 5.91 Å². The van der Waals surface area contributed by atoms with Crippen molar-refractivity contribution in [1.29, 1.82) is 5.26 Å². The van der Waals surface area contributed by atoms with Crippen LogP contribution in [0.15, 0.2) is 0 Å². The Morgan fingerprint density at radius 2 is 1.23 bits per heavy atom. The van der Waals surface area contributed by atoms with E-state index in [1.807, 2.05) is 62.3 Å². The first kappa shape index (κ1) is 41.2. The third-order valence-corrected chi connectivity index (χ3v) is 6.83. The average molecular weight is 585 g/mol. The Balaban J connectivity index is -0.000000255. The number of carbonyl (C=O) groups is 3. The van der Waals surface area contributed by atoms with E-state index < -0.39 is 33.2 Å². The van der Waals surface area contributed by atoms with E-state index in [2.05, 4.69) is 19.9 Å². The molecule has 0 saturated carbocycles. The molecule has 13 heteroatoms. The molecule has 12 nitrogen and oxygen atoms in total. The maximum atomic E-state index is 12.3. The third kappa shape index (κ3) is 11.8. The molecule has 39 heavy (non-hydrogen) atoms.